The van der Waals surface area contributed by atoms with Crippen LogP contribution in [0.25, 0.3) is 0 Å². The molecule has 1 aliphatic rings. The third-order valence-corrected chi connectivity index (χ3v) is 2.47. The van der Waals surface area contributed by atoms with E-state index < -0.39 is 0 Å². The molecule has 1 atom stereocenters. The summed E-state index contributed by atoms with van der Waals surface area (Å²) in [5, 5.41) is 8.48. The quantitative estimate of drug-likeness (QED) is 0.663. The number of carbonyl (C=O) groups is 1. The standard InChI is InChI=1S/C10H19NO3/c1-9-3-2-4-11(7-9)10(13)8-14-6-5-12/h9,12H,2-8H2,1H3. The van der Waals surface area contributed by atoms with E-state index >= 15 is 0 Å². The van der Waals surface area contributed by atoms with Crippen LogP contribution >= 0.6 is 0 Å². The molecule has 0 aromatic heterocycles. The molecule has 1 amide bonds. The highest BCUT2D eigenvalue weighted by atomic mass is 16.5. The number of carbonyl (C=O) groups excluding carboxylic acids is 1. The van der Waals surface area contributed by atoms with E-state index in [4.69, 9.17) is 9.84 Å². The summed E-state index contributed by atoms with van der Waals surface area (Å²) in [6.07, 6.45) is 2.30. The van der Waals surface area contributed by atoms with Crippen molar-refractivity contribution in [1.29, 1.82) is 0 Å². The van der Waals surface area contributed by atoms with Gasteiger partial charge in [0, 0.05) is 13.1 Å². The van der Waals surface area contributed by atoms with Gasteiger partial charge >= 0.3 is 0 Å². The van der Waals surface area contributed by atoms with Crippen molar-refractivity contribution in [1.82, 2.24) is 4.90 Å². The molecule has 4 heteroatoms. The Morgan fingerprint density at radius 1 is 1.64 bits per heavy atom. The molecular formula is C10H19NO3. The lowest BCUT2D eigenvalue weighted by atomic mass is 10.0. The summed E-state index contributed by atoms with van der Waals surface area (Å²) in [5.41, 5.74) is 0. The summed E-state index contributed by atoms with van der Waals surface area (Å²) in [4.78, 5) is 13.4. The first-order valence-corrected chi connectivity index (χ1v) is 5.20. The zero-order valence-electron chi connectivity index (χ0n) is 8.74. The van der Waals surface area contributed by atoms with Crippen LogP contribution in [0.3, 0.4) is 0 Å². The first-order chi connectivity index (χ1) is 6.74. The van der Waals surface area contributed by atoms with Crippen LogP contribution in [0.5, 0.6) is 0 Å². The van der Waals surface area contributed by atoms with Gasteiger partial charge in [-0.25, -0.2) is 0 Å². The van der Waals surface area contributed by atoms with Crippen molar-refractivity contribution in [2.24, 2.45) is 5.92 Å². The maximum Gasteiger partial charge on any atom is 0.248 e. The largest absolute Gasteiger partial charge is 0.394 e. The number of aliphatic hydroxyl groups is 1. The van der Waals surface area contributed by atoms with E-state index in [9.17, 15) is 4.79 Å². The van der Waals surface area contributed by atoms with Gasteiger partial charge in [0.05, 0.1) is 13.2 Å². The van der Waals surface area contributed by atoms with Crippen LogP contribution in [-0.2, 0) is 9.53 Å². The fourth-order valence-corrected chi connectivity index (χ4v) is 1.73. The molecule has 14 heavy (non-hydrogen) atoms. The molecule has 0 radical (unpaired) electrons. The van der Waals surface area contributed by atoms with Gasteiger partial charge in [-0.3, -0.25) is 4.79 Å². The van der Waals surface area contributed by atoms with Crippen LogP contribution in [0.2, 0.25) is 0 Å². The van der Waals surface area contributed by atoms with Gasteiger partial charge < -0.3 is 14.7 Å². The van der Waals surface area contributed by atoms with Crippen molar-refractivity contribution in [3.63, 3.8) is 0 Å². The van der Waals surface area contributed by atoms with Crippen molar-refractivity contribution in [3.8, 4) is 0 Å². The van der Waals surface area contributed by atoms with Gasteiger partial charge in [-0.05, 0) is 18.8 Å². The van der Waals surface area contributed by atoms with Crippen LogP contribution in [0, 0.1) is 5.92 Å². The minimum Gasteiger partial charge on any atom is -0.394 e. The Bertz CT molecular complexity index is 184. The number of ether oxygens (including phenoxy) is 1. The molecule has 4 nitrogen and oxygen atoms in total. The molecule has 1 fully saturated rings. The van der Waals surface area contributed by atoms with Gasteiger partial charge in [0.25, 0.3) is 0 Å². The molecule has 1 rings (SSSR count). The number of rotatable bonds is 4. The van der Waals surface area contributed by atoms with Crippen LogP contribution < -0.4 is 0 Å². The average Bonchev–Trinajstić information content (AvgIpc) is 2.18. The Morgan fingerprint density at radius 3 is 3.07 bits per heavy atom. The maximum absolute atomic E-state index is 11.5. The van der Waals surface area contributed by atoms with Crippen molar-refractivity contribution in [2.45, 2.75) is 19.8 Å². The third kappa shape index (κ3) is 3.64. The molecule has 82 valence electrons. The number of amides is 1. The van der Waals surface area contributed by atoms with Crippen LogP contribution in [0.15, 0.2) is 0 Å². The molecule has 0 saturated carbocycles. The highest BCUT2D eigenvalue weighted by molar-refractivity contribution is 5.77. The molecule has 1 saturated heterocycles. The monoisotopic (exact) mass is 201 g/mol. The molecule has 0 aromatic carbocycles. The summed E-state index contributed by atoms with van der Waals surface area (Å²) in [7, 11) is 0. The number of hydrogen-bond acceptors (Lipinski definition) is 3. The first-order valence-electron chi connectivity index (χ1n) is 5.20. The molecule has 0 bridgehead atoms. The second-order valence-corrected chi connectivity index (χ2v) is 3.86. The minimum atomic E-state index is -0.0241. The molecule has 1 unspecified atom stereocenters. The topological polar surface area (TPSA) is 49.8 Å². The molecule has 0 aliphatic carbocycles. The van der Waals surface area contributed by atoms with Crippen molar-refractivity contribution >= 4 is 5.91 Å². The van der Waals surface area contributed by atoms with Gasteiger partial charge in [-0.1, -0.05) is 6.92 Å². The van der Waals surface area contributed by atoms with Gasteiger partial charge in [0.2, 0.25) is 5.91 Å². The highest BCUT2D eigenvalue weighted by Crippen LogP contribution is 2.15. The molecule has 0 spiro atoms. The minimum absolute atomic E-state index is 0.0241. The van der Waals surface area contributed by atoms with Gasteiger partial charge in [0.15, 0.2) is 0 Å². The lowest BCUT2D eigenvalue weighted by Gasteiger charge is -2.30. The normalized spacial score (nSPS) is 22.4. The lowest BCUT2D eigenvalue weighted by molar-refractivity contribution is -0.138. The van der Waals surface area contributed by atoms with Crippen molar-refractivity contribution < 1.29 is 14.6 Å². The lowest BCUT2D eigenvalue weighted by Crippen LogP contribution is -2.41. The summed E-state index contributed by atoms with van der Waals surface area (Å²) >= 11 is 0. The maximum atomic E-state index is 11.5. The molecular weight excluding hydrogens is 182 g/mol. The Kier molecular flexibility index (Phi) is 4.90. The molecule has 1 heterocycles. The summed E-state index contributed by atoms with van der Waals surface area (Å²) in [6, 6.07) is 0. The van der Waals surface area contributed by atoms with Gasteiger partial charge in [-0.15, -0.1) is 0 Å². The second-order valence-electron chi connectivity index (χ2n) is 3.86. The van der Waals surface area contributed by atoms with Crippen molar-refractivity contribution in [2.75, 3.05) is 32.9 Å². The van der Waals surface area contributed by atoms with Gasteiger partial charge in [0.1, 0.15) is 6.61 Å². The molecule has 0 aromatic rings. The predicted octanol–water partition coefficient (Wildman–Crippen LogP) is 0.254. The van der Waals surface area contributed by atoms with Crippen molar-refractivity contribution in [3.05, 3.63) is 0 Å². The zero-order valence-corrected chi connectivity index (χ0v) is 8.74. The average molecular weight is 201 g/mol. The Morgan fingerprint density at radius 2 is 2.43 bits per heavy atom. The number of aliphatic hydroxyl groups excluding tert-OH is 1. The number of nitrogens with zero attached hydrogens (tertiary/aromatic N) is 1. The fourth-order valence-electron chi connectivity index (χ4n) is 1.73. The van der Waals surface area contributed by atoms with E-state index in [0.29, 0.717) is 5.92 Å². The van der Waals surface area contributed by atoms with Crippen LogP contribution in [0.4, 0.5) is 0 Å². The summed E-state index contributed by atoms with van der Waals surface area (Å²) < 4.78 is 4.99. The SMILES string of the molecule is CC1CCCN(C(=O)COCCO)C1. The number of piperidine rings is 1. The smallest absolute Gasteiger partial charge is 0.248 e. The summed E-state index contributed by atoms with van der Waals surface area (Å²) in [6.45, 7) is 4.19. The Hall–Kier alpha value is -0.610. The van der Waals surface area contributed by atoms with E-state index in [2.05, 4.69) is 6.92 Å². The zero-order chi connectivity index (χ0) is 10.4. The second kappa shape index (κ2) is 5.98. The number of likely N-dealkylation sites (tertiary alicyclic amines) is 1. The Balaban J connectivity index is 2.22. The van der Waals surface area contributed by atoms with E-state index in [1.165, 1.54) is 6.42 Å². The molecule has 1 N–H and O–H groups in total. The summed E-state index contributed by atoms with van der Waals surface area (Å²) in [5.74, 6) is 0.649. The van der Waals surface area contributed by atoms with E-state index in [0.717, 1.165) is 19.5 Å². The van der Waals surface area contributed by atoms with E-state index in [1.807, 2.05) is 4.90 Å². The third-order valence-electron chi connectivity index (χ3n) is 2.47. The first kappa shape index (κ1) is 11.5. The predicted molar refractivity (Wildman–Crippen MR) is 52.9 cm³/mol. The fraction of sp³-hybridized carbons (Fsp3) is 0.900. The van der Waals surface area contributed by atoms with E-state index in [-0.39, 0.29) is 25.7 Å². The van der Waals surface area contributed by atoms with Gasteiger partial charge in [-0.2, -0.15) is 0 Å². The van der Waals surface area contributed by atoms with Crippen LogP contribution in [-0.4, -0.2) is 48.8 Å². The van der Waals surface area contributed by atoms with E-state index in [1.54, 1.807) is 0 Å². The number of hydrogen-bond donors (Lipinski definition) is 1. The van der Waals surface area contributed by atoms with Crippen LogP contribution in [0.1, 0.15) is 19.8 Å². The Labute approximate surface area is 84.8 Å². The molecule has 1 aliphatic heterocycles. The highest BCUT2D eigenvalue weighted by Gasteiger charge is 2.20.